The van der Waals surface area contributed by atoms with E-state index < -0.39 is 0 Å². The maximum absolute atomic E-state index is 5.50. The molecule has 0 N–H and O–H groups in total. The van der Waals surface area contributed by atoms with Crippen LogP contribution in [0.5, 0.6) is 0 Å². The minimum Gasteiger partial charge on any atom is -0.464 e. The van der Waals surface area contributed by atoms with E-state index >= 15 is 0 Å². The highest BCUT2D eigenvalue weighted by atomic mass is 16.3. The van der Waals surface area contributed by atoms with Gasteiger partial charge in [0.25, 0.3) is 0 Å². The molecule has 1 saturated heterocycles. The lowest BCUT2D eigenvalue weighted by molar-refractivity contribution is 0.221. The summed E-state index contributed by atoms with van der Waals surface area (Å²) in [5.41, 5.74) is 0.940. The summed E-state index contributed by atoms with van der Waals surface area (Å²) in [5.74, 6) is 2.08. The molecule has 3 heterocycles. The van der Waals surface area contributed by atoms with Crippen molar-refractivity contribution in [2.24, 2.45) is 5.92 Å². The fourth-order valence-corrected chi connectivity index (χ4v) is 4.16. The zero-order valence-corrected chi connectivity index (χ0v) is 13.9. The molecule has 0 amide bonds. The summed E-state index contributed by atoms with van der Waals surface area (Å²) in [5, 5.41) is 1.14. The number of rotatable bonds is 4. The lowest BCUT2D eigenvalue weighted by Gasteiger charge is -2.36. The van der Waals surface area contributed by atoms with E-state index in [1.54, 1.807) is 6.26 Å². The van der Waals surface area contributed by atoms with Gasteiger partial charge in [-0.2, -0.15) is 0 Å². The van der Waals surface area contributed by atoms with Crippen molar-refractivity contribution in [1.29, 1.82) is 0 Å². The fraction of sp³-hybridized carbons (Fsp3) is 0.632. The number of furan rings is 1. The van der Waals surface area contributed by atoms with E-state index in [1.165, 1.54) is 45.1 Å². The van der Waals surface area contributed by atoms with Crippen LogP contribution in [-0.4, -0.2) is 42.6 Å². The maximum Gasteiger partial charge on any atom is 0.139 e. The normalized spacial score (nSPS) is 21.1. The number of nitrogens with zero attached hydrogens (tertiary/aromatic N) is 3. The Morgan fingerprint density at radius 2 is 1.87 bits per heavy atom. The van der Waals surface area contributed by atoms with Gasteiger partial charge in [0, 0.05) is 32.4 Å². The number of hydrogen-bond acceptors (Lipinski definition) is 4. The summed E-state index contributed by atoms with van der Waals surface area (Å²) in [6, 6.07) is 3.98. The number of aromatic nitrogens is 1. The molecule has 1 saturated carbocycles. The lowest BCUT2D eigenvalue weighted by atomic mass is 9.87. The van der Waals surface area contributed by atoms with Crippen molar-refractivity contribution in [2.75, 3.05) is 37.6 Å². The van der Waals surface area contributed by atoms with Gasteiger partial charge in [0.1, 0.15) is 11.4 Å². The molecule has 1 aliphatic carbocycles. The Hall–Kier alpha value is -1.55. The van der Waals surface area contributed by atoms with Crippen LogP contribution < -0.4 is 4.90 Å². The van der Waals surface area contributed by atoms with Gasteiger partial charge in [-0.25, -0.2) is 4.98 Å². The van der Waals surface area contributed by atoms with E-state index in [2.05, 4.69) is 14.8 Å². The topological polar surface area (TPSA) is 32.5 Å². The molecule has 1 aliphatic heterocycles. The molecular weight excluding hydrogens is 286 g/mol. The molecule has 4 nitrogen and oxygen atoms in total. The Labute approximate surface area is 138 Å². The molecule has 2 aliphatic rings. The van der Waals surface area contributed by atoms with Gasteiger partial charge in [-0.3, -0.25) is 4.90 Å². The minimum absolute atomic E-state index is 0.940. The summed E-state index contributed by atoms with van der Waals surface area (Å²) in [6.45, 7) is 5.73. The van der Waals surface area contributed by atoms with Crippen LogP contribution >= 0.6 is 0 Å². The first-order valence-corrected chi connectivity index (χ1v) is 9.20. The minimum atomic E-state index is 0.940. The first-order chi connectivity index (χ1) is 11.4. The molecule has 0 radical (unpaired) electrons. The number of fused-ring (bicyclic) bond motifs is 1. The predicted molar refractivity (Wildman–Crippen MR) is 93.9 cm³/mol. The number of piperazine rings is 1. The van der Waals surface area contributed by atoms with E-state index in [0.717, 1.165) is 48.9 Å². The number of hydrogen-bond donors (Lipinski definition) is 0. The summed E-state index contributed by atoms with van der Waals surface area (Å²) in [4.78, 5) is 9.65. The van der Waals surface area contributed by atoms with Crippen LogP contribution in [0.25, 0.3) is 11.0 Å². The molecule has 0 unspecified atom stereocenters. The average molecular weight is 313 g/mol. The standard InChI is InChI=1S/C19H27N3O/c1-2-4-16(5-3-1)7-10-21-11-13-22(14-12-21)19-17-8-15-23-18(17)6-9-20-19/h6,8-9,15-16H,1-5,7,10-14H2. The largest absolute Gasteiger partial charge is 0.464 e. The van der Waals surface area contributed by atoms with Gasteiger partial charge in [-0.05, 0) is 31.0 Å². The van der Waals surface area contributed by atoms with Crippen molar-refractivity contribution in [3.8, 4) is 0 Å². The van der Waals surface area contributed by atoms with Crippen molar-refractivity contribution in [3.05, 3.63) is 24.6 Å². The third-order valence-corrected chi connectivity index (χ3v) is 5.61. The molecule has 23 heavy (non-hydrogen) atoms. The van der Waals surface area contributed by atoms with E-state index in [-0.39, 0.29) is 0 Å². The van der Waals surface area contributed by atoms with Gasteiger partial charge in [0.05, 0.1) is 11.6 Å². The summed E-state index contributed by atoms with van der Waals surface area (Å²) in [7, 11) is 0. The molecule has 2 aromatic heterocycles. The van der Waals surface area contributed by atoms with Crippen LogP contribution in [0.2, 0.25) is 0 Å². The van der Waals surface area contributed by atoms with Crippen LogP contribution in [0.4, 0.5) is 5.82 Å². The highest BCUT2D eigenvalue weighted by molar-refractivity contribution is 5.88. The first kappa shape index (κ1) is 15.0. The van der Waals surface area contributed by atoms with Crippen LogP contribution in [0.1, 0.15) is 38.5 Å². The number of pyridine rings is 1. The van der Waals surface area contributed by atoms with Crippen LogP contribution in [-0.2, 0) is 0 Å². The SMILES string of the molecule is c1cc2occc2c(N2CCN(CCC3CCCCC3)CC2)n1. The van der Waals surface area contributed by atoms with E-state index in [9.17, 15) is 0 Å². The Kier molecular flexibility index (Phi) is 4.51. The van der Waals surface area contributed by atoms with Crippen LogP contribution in [0, 0.1) is 5.92 Å². The maximum atomic E-state index is 5.50. The van der Waals surface area contributed by atoms with Crippen molar-refractivity contribution < 1.29 is 4.42 Å². The van der Waals surface area contributed by atoms with Crippen molar-refractivity contribution in [2.45, 2.75) is 38.5 Å². The van der Waals surface area contributed by atoms with Crippen LogP contribution in [0.3, 0.4) is 0 Å². The third-order valence-electron chi connectivity index (χ3n) is 5.61. The second-order valence-corrected chi connectivity index (χ2v) is 7.09. The number of anilines is 1. The second-order valence-electron chi connectivity index (χ2n) is 7.09. The lowest BCUT2D eigenvalue weighted by Crippen LogP contribution is -2.47. The quantitative estimate of drug-likeness (QED) is 0.856. The van der Waals surface area contributed by atoms with Gasteiger partial charge in [0.2, 0.25) is 0 Å². The molecule has 0 aromatic carbocycles. The zero-order chi connectivity index (χ0) is 15.5. The molecule has 2 fully saturated rings. The fourth-order valence-electron chi connectivity index (χ4n) is 4.16. The summed E-state index contributed by atoms with van der Waals surface area (Å²) >= 11 is 0. The van der Waals surface area contributed by atoms with Gasteiger partial charge in [0.15, 0.2) is 0 Å². The zero-order valence-electron chi connectivity index (χ0n) is 13.9. The summed E-state index contributed by atoms with van der Waals surface area (Å²) < 4.78 is 5.50. The van der Waals surface area contributed by atoms with Gasteiger partial charge < -0.3 is 9.32 Å². The highest BCUT2D eigenvalue weighted by Crippen LogP contribution is 2.28. The van der Waals surface area contributed by atoms with Gasteiger partial charge in [-0.1, -0.05) is 32.1 Å². The molecule has 0 atom stereocenters. The monoisotopic (exact) mass is 313 g/mol. The van der Waals surface area contributed by atoms with Crippen molar-refractivity contribution >= 4 is 16.8 Å². The molecule has 2 aromatic rings. The Morgan fingerprint density at radius 3 is 2.70 bits per heavy atom. The second kappa shape index (κ2) is 6.91. The first-order valence-electron chi connectivity index (χ1n) is 9.20. The summed E-state index contributed by atoms with van der Waals surface area (Å²) in [6.07, 6.45) is 12.3. The van der Waals surface area contributed by atoms with E-state index in [0.29, 0.717) is 0 Å². The van der Waals surface area contributed by atoms with E-state index in [4.69, 9.17) is 4.42 Å². The molecule has 0 bridgehead atoms. The Morgan fingerprint density at radius 1 is 1.04 bits per heavy atom. The third kappa shape index (κ3) is 3.37. The van der Waals surface area contributed by atoms with E-state index in [1.807, 2.05) is 18.3 Å². The smallest absolute Gasteiger partial charge is 0.139 e. The molecule has 0 spiro atoms. The Balaban J connectivity index is 1.31. The molecule has 4 rings (SSSR count). The van der Waals surface area contributed by atoms with Gasteiger partial charge >= 0.3 is 0 Å². The van der Waals surface area contributed by atoms with Crippen molar-refractivity contribution in [3.63, 3.8) is 0 Å². The Bertz CT molecular complexity index is 624. The predicted octanol–water partition coefficient (Wildman–Crippen LogP) is 3.92. The van der Waals surface area contributed by atoms with Crippen LogP contribution in [0.15, 0.2) is 29.0 Å². The van der Waals surface area contributed by atoms with Gasteiger partial charge in [-0.15, -0.1) is 0 Å². The average Bonchev–Trinajstić information content (AvgIpc) is 3.10. The highest BCUT2D eigenvalue weighted by Gasteiger charge is 2.21. The molecular formula is C19H27N3O. The molecule has 4 heteroatoms. The van der Waals surface area contributed by atoms with Crippen molar-refractivity contribution in [1.82, 2.24) is 9.88 Å². The molecule has 124 valence electrons.